The highest BCUT2D eigenvalue weighted by molar-refractivity contribution is 7.99. The van der Waals surface area contributed by atoms with Gasteiger partial charge in [0, 0.05) is 16.7 Å². The zero-order chi connectivity index (χ0) is 15.0. The van der Waals surface area contributed by atoms with E-state index in [0.717, 1.165) is 10.6 Å². The van der Waals surface area contributed by atoms with Gasteiger partial charge in [-0.1, -0.05) is 23.7 Å². The standard InChI is InChI=1S/C15H15ClN2O2S/c1-9(2)18-14(10(16)7-17-18)15(19)12-8-21-13-6-4-3-5-11(13)20-12/h3-7,9,12H,8H2,1-2H3. The van der Waals surface area contributed by atoms with Crippen LogP contribution >= 0.6 is 23.4 Å². The minimum absolute atomic E-state index is 0.0694. The number of rotatable bonds is 3. The zero-order valence-electron chi connectivity index (χ0n) is 11.7. The van der Waals surface area contributed by atoms with Crippen molar-refractivity contribution in [1.82, 2.24) is 9.78 Å². The molecule has 4 nitrogen and oxygen atoms in total. The van der Waals surface area contributed by atoms with Gasteiger partial charge in [-0.3, -0.25) is 9.48 Å². The molecular weight excluding hydrogens is 308 g/mol. The van der Waals surface area contributed by atoms with Crippen LogP contribution in [0.5, 0.6) is 5.75 Å². The summed E-state index contributed by atoms with van der Waals surface area (Å²) >= 11 is 7.76. The lowest BCUT2D eigenvalue weighted by Crippen LogP contribution is -2.34. The fraction of sp³-hybridized carbons (Fsp3) is 0.333. The lowest BCUT2D eigenvalue weighted by atomic mass is 10.1. The number of fused-ring (bicyclic) bond motifs is 1. The SMILES string of the molecule is CC(C)n1ncc(Cl)c1C(=O)C1CSc2ccccc2O1. The summed E-state index contributed by atoms with van der Waals surface area (Å²) in [6.45, 7) is 3.93. The summed E-state index contributed by atoms with van der Waals surface area (Å²) in [5.74, 6) is 1.21. The van der Waals surface area contributed by atoms with E-state index >= 15 is 0 Å². The molecule has 0 bridgehead atoms. The Hall–Kier alpha value is -1.46. The molecule has 0 amide bonds. The highest BCUT2D eigenvalue weighted by Crippen LogP contribution is 2.36. The van der Waals surface area contributed by atoms with Crippen LogP contribution in [0.3, 0.4) is 0 Å². The Balaban J connectivity index is 1.89. The van der Waals surface area contributed by atoms with Crippen LogP contribution in [0.4, 0.5) is 0 Å². The van der Waals surface area contributed by atoms with Gasteiger partial charge in [-0.2, -0.15) is 5.10 Å². The van der Waals surface area contributed by atoms with Gasteiger partial charge in [0.15, 0.2) is 6.10 Å². The Morgan fingerprint density at radius 3 is 3.00 bits per heavy atom. The Morgan fingerprint density at radius 2 is 2.24 bits per heavy atom. The summed E-state index contributed by atoms with van der Waals surface area (Å²) in [6, 6.07) is 7.80. The van der Waals surface area contributed by atoms with Crippen molar-refractivity contribution in [2.75, 3.05) is 5.75 Å². The van der Waals surface area contributed by atoms with Crippen LogP contribution < -0.4 is 4.74 Å². The maximum atomic E-state index is 12.7. The van der Waals surface area contributed by atoms with Gasteiger partial charge in [-0.15, -0.1) is 11.8 Å². The molecule has 0 fully saturated rings. The molecule has 110 valence electrons. The molecule has 0 radical (unpaired) electrons. The van der Waals surface area contributed by atoms with E-state index < -0.39 is 6.10 Å². The summed E-state index contributed by atoms with van der Waals surface area (Å²) in [4.78, 5) is 13.8. The average molecular weight is 323 g/mol. The van der Waals surface area contributed by atoms with Gasteiger partial charge >= 0.3 is 0 Å². The van der Waals surface area contributed by atoms with Crippen LogP contribution in [0.1, 0.15) is 30.4 Å². The third kappa shape index (κ3) is 2.68. The van der Waals surface area contributed by atoms with E-state index in [-0.39, 0.29) is 11.8 Å². The van der Waals surface area contributed by atoms with Crippen molar-refractivity contribution in [2.45, 2.75) is 30.9 Å². The second-order valence-electron chi connectivity index (χ2n) is 5.11. The lowest BCUT2D eigenvalue weighted by molar-refractivity contribution is 0.0802. The largest absolute Gasteiger partial charge is 0.480 e. The summed E-state index contributed by atoms with van der Waals surface area (Å²) in [7, 11) is 0. The van der Waals surface area contributed by atoms with Crippen LogP contribution in [-0.4, -0.2) is 27.4 Å². The van der Waals surface area contributed by atoms with E-state index in [0.29, 0.717) is 16.5 Å². The highest BCUT2D eigenvalue weighted by Gasteiger charge is 2.31. The number of ether oxygens (including phenoxy) is 1. The van der Waals surface area contributed by atoms with E-state index in [1.54, 1.807) is 16.4 Å². The van der Waals surface area contributed by atoms with Crippen molar-refractivity contribution in [3.8, 4) is 5.75 Å². The molecule has 6 heteroatoms. The number of halogens is 1. The fourth-order valence-corrected chi connectivity index (χ4v) is 3.47. The molecular formula is C15H15ClN2O2S. The predicted octanol–water partition coefficient (Wildman–Crippen LogP) is 3.85. The molecule has 21 heavy (non-hydrogen) atoms. The van der Waals surface area contributed by atoms with Crippen LogP contribution in [0.2, 0.25) is 5.02 Å². The molecule has 1 unspecified atom stereocenters. The van der Waals surface area contributed by atoms with Crippen molar-refractivity contribution >= 4 is 29.1 Å². The molecule has 0 saturated heterocycles. The topological polar surface area (TPSA) is 44.1 Å². The van der Waals surface area contributed by atoms with Gasteiger partial charge < -0.3 is 4.74 Å². The van der Waals surface area contributed by atoms with Crippen LogP contribution in [0.25, 0.3) is 0 Å². The minimum atomic E-state index is -0.531. The Morgan fingerprint density at radius 1 is 1.48 bits per heavy atom. The minimum Gasteiger partial charge on any atom is -0.480 e. The number of thioether (sulfide) groups is 1. The number of nitrogens with zero attached hydrogens (tertiary/aromatic N) is 2. The van der Waals surface area contributed by atoms with Gasteiger partial charge in [0.1, 0.15) is 11.4 Å². The number of benzene rings is 1. The van der Waals surface area contributed by atoms with E-state index in [2.05, 4.69) is 5.10 Å². The third-order valence-electron chi connectivity index (χ3n) is 3.27. The fourth-order valence-electron chi connectivity index (χ4n) is 2.26. The predicted molar refractivity (Wildman–Crippen MR) is 83.5 cm³/mol. The molecule has 1 atom stereocenters. The number of carbonyl (C=O) groups excluding carboxylic acids is 1. The lowest BCUT2D eigenvalue weighted by Gasteiger charge is -2.25. The zero-order valence-corrected chi connectivity index (χ0v) is 13.3. The van der Waals surface area contributed by atoms with Gasteiger partial charge in [-0.25, -0.2) is 0 Å². The number of hydrogen-bond donors (Lipinski definition) is 0. The third-order valence-corrected chi connectivity index (χ3v) is 4.67. The second kappa shape index (κ2) is 5.73. The molecule has 2 aromatic rings. The van der Waals surface area contributed by atoms with E-state index in [9.17, 15) is 4.79 Å². The van der Waals surface area contributed by atoms with Crippen molar-refractivity contribution < 1.29 is 9.53 Å². The molecule has 0 aliphatic carbocycles. The average Bonchev–Trinajstić information content (AvgIpc) is 2.88. The van der Waals surface area contributed by atoms with Gasteiger partial charge in [0.25, 0.3) is 0 Å². The maximum absolute atomic E-state index is 12.7. The first kappa shape index (κ1) is 14.5. The number of para-hydroxylation sites is 1. The molecule has 1 aliphatic rings. The molecule has 2 heterocycles. The van der Waals surface area contributed by atoms with Gasteiger partial charge in [-0.05, 0) is 26.0 Å². The van der Waals surface area contributed by atoms with E-state index in [1.165, 1.54) is 6.20 Å². The summed E-state index contributed by atoms with van der Waals surface area (Å²) in [5, 5.41) is 4.55. The molecule has 0 N–H and O–H groups in total. The normalized spacial score (nSPS) is 17.4. The number of Topliss-reactive ketones (excluding diaryl/α,β-unsaturated/α-hetero) is 1. The van der Waals surface area contributed by atoms with Crippen molar-refractivity contribution in [1.29, 1.82) is 0 Å². The van der Waals surface area contributed by atoms with Crippen molar-refractivity contribution in [2.24, 2.45) is 0 Å². The smallest absolute Gasteiger partial charge is 0.223 e. The number of hydrogen-bond acceptors (Lipinski definition) is 4. The monoisotopic (exact) mass is 322 g/mol. The molecule has 0 saturated carbocycles. The Bertz CT molecular complexity index is 684. The van der Waals surface area contributed by atoms with Gasteiger partial charge in [0.2, 0.25) is 5.78 Å². The van der Waals surface area contributed by atoms with Crippen molar-refractivity contribution in [3.63, 3.8) is 0 Å². The van der Waals surface area contributed by atoms with Crippen LogP contribution in [-0.2, 0) is 0 Å². The quantitative estimate of drug-likeness (QED) is 0.805. The summed E-state index contributed by atoms with van der Waals surface area (Å²) < 4.78 is 7.49. The highest BCUT2D eigenvalue weighted by atomic mass is 35.5. The first-order chi connectivity index (χ1) is 10.1. The van der Waals surface area contributed by atoms with Crippen LogP contribution in [0, 0.1) is 0 Å². The second-order valence-corrected chi connectivity index (χ2v) is 6.58. The first-order valence-corrected chi connectivity index (χ1v) is 8.10. The molecule has 1 aliphatic heterocycles. The van der Waals surface area contributed by atoms with E-state index in [1.807, 2.05) is 38.1 Å². The number of ketones is 1. The van der Waals surface area contributed by atoms with Gasteiger partial charge in [0.05, 0.1) is 11.2 Å². The number of carbonyl (C=O) groups is 1. The molecule has 3 rings (SSSR count). The first-order valence-electron chi connectivity index (χ1n) is 6.73. The summed E-state index contributed by atoms with van der Waals surface area (Å²) in [5.41, 5.74) is 0.427. The van der Waals surface area contributed by atoms with Crippen LogP contribution in [0.15, 0.2) is 35.4 Å². The Kier molecular flexibility index (Phi) is 3.95. The molecule has 1 aromatic heterocycles. The number of aromatic nitrogens is 2. The van der Waals surface area contributed by atoms with Crippen molar-refractivity contribution in [3.05, 3.63) is 41.2 Å². The Labute approximate surface area is 132 Å². The molecule has 1 aromatic carbocycles. The van der Waals surface area contributed by atoms with E-state index in [4.69, 9.17) is 16.3 Å². The maximum Gasteiger partial charge on any atom is 0.223 e. The molecule has 0 spiro atoms. The summed E-state index contributed by atoms with van der Waals surface area (Å²) in [6.07, 6.45) is 0.982.